The summed E-state index contributed by atoms with van der Waals surface area (Å²) in [7, 11) is 0. The number of rotatable bonds is 9. The van der Waals surface area contributed by atoms with E-state index in [9.17, 15) is 9.59 Å². The van der Waals surface area contributed by atoms with Crippen LogP contribution in [-0.2, 0) is 13.0 Å². The summed E-state index contributed by atoms with van der Waals surface area (Å²) in [6.45, 7) is 4.77. The Balaban J connectivity index is 2.08. The van der Waals surface area contributed by atoms with Crippen LogP contribution >= 0.6 is 0 Å². The number of nitrogens with zero attached hydrogens (tertiary/aromatic N) is 1. The number of aromatic amines is 1. The Hall–Kier alpha value is -2.30. The number of hydrogen-bond acceptors (Lipinski definition) is 3. The van der Waals surface area contributed by atoms with Crippen LogP contribution in [0.15, 0.2) is 39.9 Å². The molecule has 0 amide bonds. The van der Waals surface area contributed by atoms with E-state index in [0.717, 1.165) is 18.5 Å². The normalized spacial score (nSPS) is 10.8. The minimum Gasteiger partial charge on any atom is -0.341 e. The Morgan fingerprint density at radius 1 is 1.00 bits per heavy atom. The molecule has 0 saturated heterocycles. The molecule has 0 unspecified atom stereocenters. The molecule has 0 aliphatic heterocycles. The molecule has 1 aromatic carbocycles. The number of anilines is 2. The van der Waals surface area contributed by atoms with Gasteiger partial charge in [0.05, 0.1) is 0 Å². The molecule has 1 aromatic heterocycles. The highest BCUT2D eigenvalue weighted by Gasteiger charge is 2.06. The Morgan fingerprint density at radius 2 is 1.75 bits per heavy atom. The number of benzene rings is 1. The first kappa shape index (κ1) is 18.0. The van der Waals surface area contributed by atoms with Crippen LogP contribution in [0.2, 0.25) is 0 Å². The third kappa shape index (κ3) is 5.11. The van der Waals surface area contributed by atoms with Gasteiger partial charge in [0.25, 0.3) is 5.56 Å². The van der Waals surface area contributed by atoms with Gasteiger partial charge in [0, 0.05) is 18.3 Å². The molecule has 0 aliphatic carbocycles. The highest BCUT2D eigenvalue weighted by atomic mass is 16.2. The summed E-state index contributed by atoms with van der Waals surface area (Å²) in [5, 5.41) is 3.19. The predicted octanol–water partition coefficient (Wildman–Crippen LogP) is 3.81. The van der Waals surface area contributed by atoms with E-state index >= 15 is 0 Å². The maximum atomic E-state index is 11.9. The van der Waals surface area contributed by atoms with Crippen molar-refractivity contribution in [3.63, 3.8) is 0 Å². The van der Waals surface area contributed by atoms with E-state index in [0.29, 0.717) is 12.4 Å². The molecular formula is C19H27N3O2. The van der Waals surface area contributed by atoms with E-state index in [1.54, 1.807) is 4.57 Å². The van der Waals surface area contributed by atoms with Gasteiger partial charge in [-0.05, 0) is 37.0 Å². The Bertz CT molecular complexity index is 744. The van der Waals surface area contributed by atoms with Crippen molar-refractivity contribution < 1.29 is 0 Å². The van der Waals surface area contributed by atoms with Crippen LogP contribution in [0.1, 0.15) is 51.5 Å². The van der Waals surface area contributed by atoms with Crippen LogP contribution in [0.5, 0.6) is 0 Å². The van der Waals surface area contributed by atoms with Crippen molar-refractivity contribution in [2.75, 3.05) is 5.32 Å². The third-order valence-corrected chi connectivity index (χ3v) is 4.03. The Kier molecular flexibility index (Phi) is 6.85. The fourth-order valence-corrected chi connectivity index (χ4v) is 2.73. The van der Waals surface area contributed by atoms with Crippen molar-refractivity contribution in [2.45, 2.75) is 58.9 Å². The van der Waals surface area contributed by atoms with Gasteiger partial charge in [-0.3, -0.25) is 14.3 Å². The lowest BCUT2D eigenvalue weighted by molar-refractivity contribution is 0.640. The number of nitrogens with one attached hydrogen (secondary N) is 2. The van der Waals surface area contributed by atoms with E-state index in [4.69, 9.17) is 0 Å². The van der Waals surface area contributed by atoms with E-state index in [-0.39, 0.29) is 11.2 Å². The van der Waals surface area contributed by atoms with Gasteiger partial charge in [-0.25, -0.2) is 4.79 Å². The fraction of sp³-hybridized carbons (Fsp3) is 0.474. The molecule has 1 heterocycles. The first-order valence-electron chi connectivity index (χ1n) is 8.84. The molecule has 24 heavy (non-hydrogen) atoms. The lowest BCUT2D eigenvalue weighted by Crippen LogP contribution is -2.31. The summed E-state index contributed by atoms with van der Waals surface area (Å²) in [6.07, 6.45) is 6.93. The number of unbranched alkanes of at least 4 members (excludes halogenated alkanes) is 3. The van der Waals surface area contributed by atoms with Crippen LogP contribution in [0.3, 0.4) is 0 Å². The van der Waals surface area contributed by atoms with Crippen molar-refractivity contribution in [3.05, 3.63) is 56.7 Å². The topological polar surface area (TPSA) is 66.9 Å². The van der Waals surface area contributed by atoms with Crippen molar-refractivity contribution in [3.8, 4) is 0 Å². The average molecular weight is 329 g/mol. The van der Waals surface area contributed by atoms with Crippen LogP contribution < -0.4 is 16.6 Å². The van der Waals surface area contributed by atoms with E-state index in [1.165, 1.54) is 37.3 Å². The zero-order chi connectivity index (χ0) is 17.4. The zero-order valence-corrected chi connectivity index (χ0v) is 14.6. The SMILES string of the molecule is CCCCCCc1ccc(Nc2cc(=O)[nH]c(=O)n2CCC)cc1. The lowest BCUT2D eigenvalue weighted by atomic mass is 10.1. The highest BCUT2D eigenvalue weighted by molar-refractivity contribution is 5.56. The van der Waals surface area contributed by atoms with Crippen LogP contribution in [-0.4, -0.2) is 9.55 Å². The van der Waals surface area contributed by atoms with Crippen LogP contribution in [0.4, 0.5) is 11.5 Å². The fourth-order valence-electron chi connectivity index (χ4n) is 2.73. The quantitative estimate of drug-likeness (QED) is 0.687. The van der Waals surface area contributed by atoms with Crippen LogP contribution in [0, 0.1) is 0 Å². The second-order valence-electron chi connectivity index (χ2n) is 6.11. The summed E-state index contributed by atoms with van der Waals surface area (Å²) < 4.78 is 1.56. The molecule has 2 rings (SSSR count). The minimum atomic E-state index is -0.387. The summed E-state index contributed by atoms with van der Waals surface area (Å²) in [4.78, 5) is 25.8. The van der Waals surface area contributed by atoms with Gasteiger partial charge < -0.3 is 5.32 Å². The molecular weight excluding hydrogens is 302 g/mol. The van der Waals surface area contributed by atoms with Crippen LogP contribution in [0.25, 0.3) is 0 Å². The summed E-state index contributed by atoms with van der Waals surface area (Å²) in [5.74, 6) is 0.529. The molecule has 5 nitrogen and oxygen atoms in total. The summed E-state index contributed by atoms with van der Waals surface area (Å²) >= 11 is 0. The summed E-state index contributed by atoms with van der Waals surface area (Å²) in [5.41, 5.74) is 1.43. The molecule has 0 aliphatic rings. The molecule has 2 N–H and O–H groups in total. The molecule has 0 bridgehead atoms. The van der Waals surface area contributed by atoms with Gasteiger partial charge in [-0.15, -0.1) is 0 Å². The third-order valence-electron chi connectivity index (χ3n) is 4.03. The van der Waals surface area contributed by atoms with Crippen molar-refractivity contribution in [1.82, 2.24) is 9.55 Å². The first-order chi connectivity index (χ1) is 11.6. The number of aromatic nitrogens is 2. The summed E-state index contributed by atoms with van der Waals surface area (Å²) in [6, 6.07) is 9.62. The van der Waals surface area contributed by atoms with Gasteiger partial charge in [0.15, 0.2) is 0 Å². The molecule has 5 heteroatoms. The number of aryl methyl sites for hydroxylation is 1. The van der Waals surface area contributed by atoms with Gasteiger partial charge in [-0.2, -0.15) is 0 Å². The second-order valence-corrected chi connectivity index (χ2v) is 6.11. The lowest BCUT2D eigenvalue weighted by Gasteiger charge is -2.13. The Morgan fingerprint density at radius 3 is 2.42 bits per heavy atom. The molecule has 0 atom stereocenters. The van der Waals surface area contributed by atoms with Gasteiger partial charge >= 0.3 is 5.69 Å². The molecule has 0 fully saturated rings. The van der Waals surface area contributed by atoms with E-state index < -0.39 is 0 Å². The van der Waals surface area contributed by atoms with E-state index in [1.807, 2.05) is 19.1 Å². The van der Waals surface area contributed by atoms with Crippen molar-refractivity contribution in [1.29, 1.82) is 0 Å². The van der Waals surface area contributed by atoms with E-state index in [2.05, 4.69) is 29.4 Å². The number of hydrogen-bond donors (Lipinski definition) is 2. The zero-order valence-electron chi connectivity index (χ0n) is 14.6. The minimum absolute atomic E-state index is 0.376. The van der Waals surface area contributed by atoms with Gasteiger partial charge in [0.2, 0.25) is 0 Å². The molecule has 130 valence electrons. The van der Waals surface area contributed by atoms with Gasteiger partial charge in [-0.1, -0.05) is 45.2 Å². The van der Waals surface area contributed by atoms with Crippen molar-refractivity contribution in [2.24, 2.45) is 0 Å². The molecule has 0 saturated carbocycles. The monoisotopic (exact) mass is 329 g/mol. The predicted molar refractivity (Wildman–Crippen MR) is 99.2 cm³/mol. The maximum absolute atomic E-state index is 11.9. The molecule has 2 aromatic rings. The second kappa shape index (κ2) is 9.11. The average Bonchev–Trinajstić information content (AvgIpc) is 2.56. The number of H-pyrrole nitrogens is 1. The van der Waals surface area contributed by atoms with Gasteiger partial charge in [0.1, 0.15) is 5.82 Å². The molecule has 0 radical (unpaired) electrons. The maximum Gasteiger partial charge on any atom is 0.329 e. The largest absolute Gasteiger partial charge is 0.341 e. The smallest absolute Gasteiger partial charge is 0.329 e. The first-order valence-corrected chi connectivity index (χ1v) is 8.84. The molecule has 0 spiro atoms. The Labute approximate surface area is 142 Å². The van der Waals surface area contributed by atoms with Crippen molar-refractivity contribution >= 4 is 11.5 Å². The highest BCUT2D eigenvalue weighted by Crippen LogP contribution is 2.17. The standard InChI is InChI=1S/C19H27N3O2/c1-3-5-6-7-8-15-9-11-16(12-10-15)20-17-14-18(23)21-19(24)22(17)13-4-2/h9-12,14,20H,3-8,13H2,1-2H3,(H,21,23,24).